The Hall–Kier alpha value is -0.910. The summed E-state index contributed by atoms with van der Waals surface area (Å²) in [4.78, 5) is 0. The van der Waals surface area contributed by atoms with Gasteiger partial charge in [0.2, 0.25) is 0 Å². The van der Waals surface area contributed by atoms with Gasteiger partial charge in [-0.2, -0.15) is 11.8 Å². The molecule has 0 amide bonds. The van der Waals surface area contributed by atoms with Crippen molar-refractivity contribution in [2.45, 2.75) is 19.9 Å². The third-order valence-electron chi connectivity index (χ3n) is 2.75. The van der Waals surface area contributed by atoms with E-state index in [9.17, 15) is 0 Å². The Kier molecular flexibility index (Phi) is 7.05. The molecule has 1 atom stereocenters. The van der Waals surface area contributed by atoms with Gasteiger partial charge in [-0.15, -0.1) is 0 Å². The molecule has 108 valence electrons. The summed E-state index contributed by atoms with van der Waals surface area (Å²) in [6.45, 7) is 4.43. The molecule has 0 heterocycles. The Morgan fingerprint density at radius 3 is 2.37 bits per heavy atom. The van der Waals surface area contributed by atoms with E-state index in [-0.39, 0.29) is 6.04 Å². The third kappa shape index (κ3) is 4.93. The highest BCUT2D eigenvalue weighted by atomic mass is 32.2. The highest BCUT2D eigenvalue weighted by molar-refractivity contribution is 7.99. The Morgan fingerprint density at radius 1 is 1.16 bits per heavy atom. The third-order valence-corrected chi connectivity index (χ3v) is 4.22. The second-order valence-corrected chi connectivity index (χ2v) is 5.84. The molecule has 0 saturated carbocycles. The maximum Gasteiger partial charge on any atom is 0.161 e. The lowest BCUT2D eigenvalue weighted by Crippen LogP contribution is -2.29. The van der Waals surface area contributed by atoms with Crippen LogP contribution in [-0.2, 0) is 0 Å². The number of thioether (sulfide) groups is 1. The number of methoxy groups -OCH3 is 2. The first-order valence-corrected chi connectivity index (χ1v) is 7.53. The fourth-order valence-electron chi connectivity index (χ4n) is 1.73. The van der Waals surface area contributed by atoms with E-state index in [2.05, 4.69) is 19.3 Å². The molecule has 0 aromatic heterocycles. The summed E-state index contributed by atoms with van der Waals surface area (Å²) in [6.07, 6.45) is 0. The lowest BCUT2D eigenvalue weighted by molar-refractivity contribution is 0.354. The number of nitrogens with two attached hydrogens (primary N) is 1. The quantitative estimate of drug-likeness (QED) is 0.567. The lowest BCUT2D eigenvalue weighted by Gasteiger charge is -2.18. The van der Waals surface area contributed by atoms with Crippen molar-refractivity contribution in [3.63, 3.8) is 0 Å². The summed E-state index contributed by atoms with van der Waals surface area (Å²) in [7, 11) is 3.27. The van der Waals surface area contributed by atoms with E-state index in [1.807, 2.05) is 30.0 Å². The molecule has 5 heteroatoms. The minimum absolute atomic E-state index is 0.114. The maximum atomic E-state index is 5.65. The molecule has 1 rings (SSSR count). The molecule has 0 spiro atoms. The predicted molar refractivity (Wildman–Crippen MR) is 81.8 cm³/mol. The van der Waals surface area contributed by atoms with E-state index >= 15 is 0 Å². The molecule has 19 heavy (non-hydrogen) atoms. The highest BCUT2D eigenvalue weighted by Crippen LogP contribution is 2.30. The number of hydrazine groups is 1. The number of hydrogen-bond donors (Lipinski definition) is 2. The largest absolute Gasteiger partial charge is 0.493 e. The van der Waals surface area contributed by atoms with Crippen LogP contribution in [0.1, 0.15) is 25.5 Å². The van der Waals surface area contributed by atoms with Crippen LogP contribution in [0.25, 0.3) is 0 Å². The molecule has 1 aromatic carbocycles. The monoisotopic (exact) mass is 284 g/mol. The zero-order chi connectivity index (χ0) is 14.3. The van der Waals surface area contributed by atoms with Gasteiger partial charge in [0.25, 0.3) is 0 Å². The fraction of sp³-hybridized carbons (Fsp3) is 0.571. The molecule has 4 nitrogen and oxygen atoms in total. The molecule has 0 aliphatic carbocycles. The van der Waals surface area contributed by atoms with Crippen LogP contribution in [0.2, 0.25) is 0 Å². The maximum absolute atomic E-state index is 5.65. The molecule has 0 saturated heterocycles. The number of nitrogens with one attached hydrogen (secondary N) is 1. The molecular formula is C14H24N2O2S. The minimum atomic E-state index is 0.114. The Labute approximate surface area is 120 Å². The molecule has 0 fully saturated rings. The van der Waals surface area contributed by atoms with Crippen LogP contribution in [0.5, 0.6) is 11.5 Å². The van der Waals surface area contributed by atoms with Gasteiger partial charge in [-0.3, -0.25) is 11.3 Å². The second kappa shape index (κ2) is 8.30. The number of ether oxygens (including phenoxy) is 2. The first-order valence-electron chi connectivity index (χ1n) is 6.38. The van der Waals surface area contributed by atoms with Gasteiger partial charge >= 0.3 is 0 Å². The van der Waals surface area contributed by atoms with Gasteiger partial charge in [0.05, 0.1) is 20.3 Å². The van der Waals surface area contributed by atoms with Gasteiger partial charge in [-0.1, -0.05) is 19.9 Å². The van der Waals surface area contributed by atoms with Crippen molar-refractivity contribution >= 4 is 11.8 Å². The summed E-state index contributed by atoms with van der Waals surface area (Å²) in [5.41, 5.74) is 3.97. The van der Waals surface area contributed by atoms with Crippen LogP contribution < -0.4 is 20.7 Å². The molecule has 0 aliphatic heterocycles. The fourth-order valence-corrected chi connectivity index (χ4v) is 2.86. The molecule has 3 N–H and O–H groups in total. The lowest BCUT2D eigenvalue weighted by atomic mass is 10.1. The Bertz CT molecular complexity index is 386. The second-order valence-electron chi connectivity index (χ2n) is 4.76. The summed E-state index contributed by atoms with van der Waals surface area (Å²) in [5, 5.41) is 0. The molecular weight excluding hydrogens is 260 g/mol. The van der Waals surface area contributed by atoms with Crippen molar-refractivity contribution in [1.29, 1.82) is 0 Å². The van der Waals surface area contributed by atoms with Gasteiger partial charge in [0, 0.05) is 5.75 Å². The number of benzene rings is 1. The highest BCUT2D eigenvalue weighted by Gasteiger charge is 2.13. The van der Waals surface area contributed by atoms with E-state index in [1.54, 1.807) is 14.2 Å². The number of rotatable bonds is 8. The van der Waals surface area contributed by atoms with Crippen molar-refractivity contribution in [2.24, 2.45) is 11.8 Å². The van der Waals surface area contributed by atoms with Crippen LogP contribution in [0.3, 0.4) is 0 Å². The van der Waals surface area contributed by atoms with Crippen LogP contribution in [0.4, 0.5) is 0 Å². The summed E-state index contributed by atoms with van der Waals surface area (Å²) < 4.78 is 10.5. The van der Waals surface area contributed by atoms with Crippen LogP contribution in [0, 0.1) is 5.92 Å². The van der Waals surface area contributed by atoms with E-state index in [0.29, 0.717) is 5.92 Å². The molecule has 0 bridgehead atoms. The van der Waals surface area contributed by atoms with E-state index in [1.165, 1.54) is 0 Å². The zero-order valence-electron chi connectivity index (χ0n) is 12.1. The topological polar surface area (TPSA) is 56.5 Å². The van der Waals surface area contributed by atoms with Gasteiger partial charge < -0.3 is 9.47 Å². The van der Waals surface area contributed by atoms with Crippen LogP contribution in [-0.4, -0.2) is 25.7 Å². The molecule has 0 radical (unpaired) electrons. The van der Waals surface area contributed by atoms with Gasteiger partial charge in [0.1, 0.15) is 0 Å². The smallest absolute Gasteiger partial charge is 0.161 e. The molecule has 0 aliphatic rings. The summed E-state index contributed by atoms with van der Waals surface area (Å²) in [5.74, 6) is 9.87. The molecule has 1 aromatic rings. The van der Waals surface area contributed by atoms with E-state index in [4.69, 9.17) is 15.3 Å². The molecule has 1 unspecified atom stereocenters. The van der Waals surface area contributed by atoms with E-state index < -0.39 is 0 Å². The van der Waals surface area contributed by atoms with Crippen molar-refractivity contribution in [1.82, 2.24) is 5.43 Å². The van der Waals surface area contributed by atoms with Crippen LogP contribution >= 0.6 is 11.8 Å². The SMILES string of the molecule is COc1ccc(C(CSCC(C)C)NN)cc1OC. The average molecular weight is 284 g/mol. The number of hydrogen-bond acceptors (Lipinski definition) is 5. The van der Waals surface area contributed by atoms with Gasteiger partial charge in [-0.25, -0.2) is 0 Å². The van der Waals surface area contributed by atoms with Crippen molar-refractivity contribution in [3.05, 3.63) is 23.8 Å². The van der Waals surface area contributed by atoms with Crippen molar-refractivity contribution < 1.29 is 9.47 Å². The van der Waals surface area contributed by atoms with E-state index in [0.717, 1.165) is 28.6 Å². The Morgan fingerprint density at radius 2 is 1.84 bits per heavy atom. The van der Waals surface area contributed by atoms with Gasteiger partial charge in [-0.05, 0) is 29.4 Å². The van der Waals surface area contributed by atoms with Crippen molar-refractivity contribution in [2.75, 3.05) is 25.7 Å². The summed E-state index contributed by atoms with van der Waals surface area (Å²) in [6, 6.07) is 6.01. The first-order chi connectivity index (χ1) is 9.12. The van der Waals surface area contributed by atoms with Crippen molar-refractivity contribution in [3.8, 4) is 11.5 Å². The standard InChI is InChI=1S/C14H24N2O2S/c1-10(2)8-19-9-12(16-15)11-5-6-13(17-3)14(7-11)18-4/h5-7,10,12,16H,8-9,15H2,1-4H3. The Balaban J connectivity index is 2.75. The predicted octanol–water partition coefficient (Wildman–Crippen LogP) is 2.60. The zero-order valence-corrected chi connectivity index (χ0v) is 12.9. The normalized spacial score (nSPS) is 12.5. The first kappa shape index (κ1) is 16.1. The van der Waals surface area contributed by atoms with Crippen LogP contribution in [0.15, 0.2) is 18.2 Å². The average Bonchev–Trinajstić information content (AvgIpc) is 2.42. The van der Waals surface area contributed by atoms with Gasteiger partial charge in [0.15, 0.2) is 11.5 Å². The minimum Gasteiger partial charge on any atom is -0.493 e. The summed E-state index contributed by atoms with van der Waals surface area (Å²) >= 11 is 1.90.